The average molecular weight is 401 g/mol. The molecule has 0 aliphatic carbocycles. The molecule has 1 aromatic carbocycles. The Bertz CT molecular complexity index is 1150. The molecule has 5 rings (SSSR count). The van der Waals surface area contributed by atoms with Crippen LogP contribution in [-0.2, 0) is 0 Å². The first kappa shape index (κ1) is 18.6. The Labute approximate surface area is 174 Å². The largest absolute Gasteiger partial charge is 0.353 e. The number of benzene rings is 1. The molecule has 4 heterocycles. The van der Waals surface area contributed by atoms with E-state index in [1.165, 1.54) is 0 Å². The van der Waals surface area contributed by atoms with Gasteiger partial charge in [0.25, 0.3) is 0 Å². The van der Waals surface area contributed by atoms with Crippen LogP contribution in [0.25, 0.3) is 22.3 Å². The van der Waals surface area contributed by atoms with E-state index in [0.717, 1.165) is 54.3 Å². The lowest BCUT2D eigenvalue weighted by Gasteiger charge is -2.37. The highest BCUT2D eigenvalue weighted by Crippen LogP contribution is 2.29. The Balaban J connectivity index is 1.42. The van der Waals surface area contributed by atoms with Crippen molar-refractivity contribution in [3.8, 4) is 11.4 Å². The van der Waals surface area contributed by atoms with Gasteiger partial charge in [-0.3, -0.25) is 9.88 Å². The van der Waals surface area contributed by atoms with Gasteiger partial charge in [-0.05, 0) is 38.1 Å². The summed E-state index contributed by atoms with van der Waals surface area (Å²) in [4.78, 5) is 23.0. The fourth-order valence-electron chi connectivity index (χ4n) is 3.89. The van der Waals surface area contributed by atoms with Gasteiger partial charge in [0.05, 0.1) is 11.6 Å². The lowest BCUT2D eigenvalue weighted by Crippen LogP contribution is -2.47. The number of hydrogen-bond acceptors (Lipinski definition) is 8. The fourth-order valence-corrected chi connectivity index (χ4v) is 3.89. The van der Waals surface area contributed by atoms with Crippen LogP contribution in [0.1, 0.15) is 24.7 Å². The summed E-state index contributed by atoms with van der Waals surface area (Å²) in [5.41, 5.74) is 1.92. The average Bonchev–Trinajstić information content (AvgIpc) is 3.25. The predicted molar refractivity (Wildman–Crippen MR) is 114 cm³/mol. The summed E-state index contributed by atoms with van der Waals surface area (Å²) < 4.78 is 5.37. The first-order valence-electron chi connectivity index (χ1n) is 10.2. The summed E-state index contributed by atoms with van der Waals surface area (Å²) in [6, 6.07) is 12.2. The number of rotatable bonds is 4. The van der Waals surface area contributed by atoms with Crippen LogP contribution in [0.3, 0.4) is 0 Å². The highest BCUT2D eigenvalue weighted by molar-refractivity contribution is 5.91. The van der Waals surface area contributed by atoms with Crippen molar-refractivity contribution in [1.82, 2.24) is 30.0 Å². The molecule has 0 amide bonds. The van der Waals surface area contributed by atoms with Gasteiger partial charge in [-0.1, -0.05) is 17.3 Å². The third kappa shape index (κ3) is 3.50. The number of para-hydroxylation sites is 1. The van der Waals surface area contributed by atoms with E-state index in [1.807, 2.05) is 37.3 Å². The first-order chi connectivity index (χ1) is 14.7. The molecule has 1 aliphatic heterocycles. The molecule has 4 aromatic rings. The number of piperazine rings is 1. The van der Waals surface area contributed by atoms with E-state index in [-0.39, 0.29) is 6.04 Å². The number of aryl methyl sites for hydroxylation is 1. The molecule has 1 saturated heterocycles. The highest BCUT2D eigenvalue weighted by atomic mass is 16.5. The lowest BCUT2D eigenvalue weighted by atomic mass is 10.1. The van der Waals surface area contributed by atoms with E-state index in [4.69, 9.17) is 14.5 Å². The van der Waals surface area contributed by atoms with Crippen LogP contribution in [0.5, 0.6) is 0 Å². The van der Waals surface area contributed by atoms with E-state index < -0.39 is 0 Å². The Kier molecular flexibility index (Phi) is 4.84. The van der Waals surface area contributed by atoms with E-state index in [9.17, 15) is 0 Å². The first-order valence-corrected chi connectivity index (χ1v) is 10.2. The van der Waals surface area contributed by atoms with Crippen LogP contribution in [0.2, 0.25) is 0 Å². The number of pyridine rings is 1. The molecule has 0 N–H and O–H groups in total. The summed E-state index contributed by atoms with van der Waals surface area (Å²) in [5.74, 6) is 3.05. The van der Waals surface area contributed by atoms with Gasteiger partial charge in [0.2, 0.25) is 5.89 Å². The normalized spacial score (nSPS) is 16.1. The van der Waals surface area contributed by atoms with Crippen LogP contribution >= 0.6 is 0 Å². The minimum Gasteiger partial charge on any atom is -0.353 e. The molecule has 1 unspecified atom stereocenters. The minimum absolute atomic E-state index is 0.0999. The number of aromatic nitrogens is 5. The topological polar surface area (TPSA) is 84.1 Å². The van der Waals surface area contributed by atoms with Crippen LogP contribution < -0.4 is 4.90 Å². The van der Waals surface area contributed by atoms with Gasteiger partial charge in [0.1, 0.15) is 5.82 Å². The molecule has 0 radical (unpaired) electrons. The molecule has 8 heteroatoms. The van der Waals surface area contributed by atoms with E-state index in [1.54, 1.807) is 12.4 Å². The maximum absolute atomic E-state index is 5.37. The smallest absolute Gasteiger partial charge is 0.243 e. The lowest BCUT2D eigenvalue weighted by molar-refractivity contribution is 0.164. The quantitative estimate of drug-likeness (QED) is 0.515. The Morgan fingerprint density at radius 2 is 1.70 bits per heavy atom. The standard InChI is InChI=1S/C22H23N7O/c1-15(22-24-16(2)27-30-22)28-11-13-29(14-12-28)21-18-5-3-4-6-19(18)25-20(26-21)17-7-9-23-10-8-17/h3-10,15H,11-14H2,1-2H3. The number of anilines is 1. The Morgan fingerprint density at radius 1 is 0.933 bits per heavy atom. The summed E-state index contributed by atoms with van der Waals surface area (Å²) >= 11 is 0. The van der Waals surface area contributed by atoms with Crippen LogP contribution in [0, 0.1) is 6.92 Å². The molecular weight excluding hydrogens is 378 g/mol. The molecule has 30 heavy (non-hydrogen) atoms. The van der Waals surface area contributed by atoms with Crippen molar-refractivity contribution < 1.29 is 4.52 Å². The second kappa shape index (κ2) is 7.79. The molecule has 1 aliphatic rings. The molecule has 1 fully saturated rings. The van der Waals surface area contributed by atoms with Gasteiger partial charge < -0.3 is 9.42 Å². The molecule has 0 bridgehead atoms. The van der Waals surface area contributed by atoms with Crippen molar-refractivity contribution in [2.45, 2.75) is 19.9 Å². The van der Waals surface area contributed by atoms with E-state index >= 15 is 0 Å². The summed E-state index contributed by atoms with van der Waals surface area (Å²) in [5, 5.41) is 5.00. The molecule has 0 saturated carbocycles. The van der Waals surface area contributed by atoms with Crippen LogP contribution in [0.15, 0.2) is 53.3 Å². The zero-order chi connectivity index (χ0) is 20.5. The zero-order valence-electron chi connectivity index (χ0n) is 17.1. The molecule has 3 aromatic heterocycles. The Morgan fingerprint density at radius 3 is 2.43 bits per heavy atom. The Hall–Kier alpha value is -3.39. The van der Waals surface area contributed by atoms with E-state index in [2.05, 4.69) is 37.9 Å². The number of hydrogen-bond donors (Lipinski definition) is 0. The maximum Gasteiger partial charge on any atom is 0.243 e. The molecule has 0 spiro atoms. The third-order valence-corrected chi connectivity index (χ3v) is 5.58. The molecule has 8 nitrogen and oxygen atoms in total. The van der Waals surface area contributed by atoms with Gasteiger partial charge in [0, 0.05) is 49.5 Å². The van der Waals surface area contributed by atoms with Crippen molar-refractivity contribution in [1.29, 1.82) is 0 Å². The van der Waals surface area contributed by atoms with Crippen molar-refractivity contribution in [2.24, 2.45) is 0 Å². The molecular formula is C22H23N7O. The zero-order valence-corrected chi connectivity index (χ0v) is 17.1. The highest BCUT2D eigenvalue weighted by Gasteiger charge is 2.27. The van der Waals surface area contributed by atoms with Gasteiger partial charge in [-0.15, -0.1) is 0 Å². The summed E-state index contributed by atoms with van der Waals surface area (Å²) in [7, 11) is 0. The van der Waals surface area contributed by atoms with Crippen molar-refractivity contribution in [2.75, 3.05) is 31.1 Å². The fraction of sp³-hybridized carbons (Fsp3) is 0.318. The van der Waals surface area contributed by atoms with Crippen LogP contribution in [0.4, 0.5) is 5.82 Å². The third-order valence-electron chi connectivity index (χ3n) is 5.58. The van der Waals surface area contributed by atoms with Gasteiger partial charge in [0.15, 0.2) is 11.6 Å². The minimum atomic E-state index is 0.0999. The number of nitrogens with zero attached hydrogens (tertiary/aromatic N) is 7. The van der Waals surface area contributed by atoms with Crippen molar-refractivity contribution >= 4 is 16.7 Å². The van der Waals surface area contributed by atoms with E-state index in [0.29, 0.717) is 11.7 Å². The molecule has 152 valence electrons. The van der Waals surface area contributed by atoms with Gasteiger partial charge in [-0.25, -0.2) is 9.97 Å². The van der Waals surface area contributed by atoms with Gasteiger partial charge in [-0.2, -0.15) is 4.98 Å². The van der Waals surface area contributed by atoms with Crippen LogP contribution in [-0.4, -0.2) is 56.2 Å². The van der Waals surface area contributed by atoms with Gasteiger partial charge >= 0.3 is 0 Å². The maximum atomic E-state index is 5.37. The monoisotopic (exact) mass is 401 g/mol. The van der Waals surface area contributed by atoms with Crippen molar-refractivity contribution in [3.05, 3.63) is 60.5 Å². The number of fused-ring (bicyclic) bond motifs is 1. The predicted octanol–water partition coefficient (Wildman–Crippen LogP) is 3.27. The van der Waals surface area contributed by atoms with Crippen molar-refractivity contribution in [3.63, 3.8) is 0 Å². The second-order valence-electron chi connectivity index (χ2n) is 7.50. The molecule has 1 atom stereocenters. The second-order valence-corrected chi connectivity index (χ2v) is 7.50. The SMILES string of the molecule is Cc1noc(C(C)N2CCN(c3nc(-c4ccncc4)nc4ccccc34)CC2)n1. The summed E-state index contributed by atoms with van der Waals surface area (Å²) in [6.07, 6.45) is 3.54. The summed E-state index contributed by atoms with van der Waals surface area (Å²) in [6.45, 7) is 7.49.